The molecule has 0 saturated carbocycles. The van der Waals surface area contributed by atoms with E-state index in [0.29, 0.717) is 5.11 Å². The average Bonchev–Trinajstić information content (AvgIpc) is 2.49. The molecule has 2 aromatic rings. The number of rotatable bonds is 5. The van der Waals surface area contributed by atoms with Crippen LogP contribution < -0.4 is 15.4 Å². The SMILES string of the molecule is CC(C)Oc1ccc(NC(=S)N[C@H](C)c2ccc(F)cc2)cc1. The second kappa shape index (κ2) is 7.92. The summed E-state index contributed by atoms with van der Waals surface area (Å²) in [4.78, 5) is 0. The van der Waals surface area contributed by atoms with Gasteiger partial charge in [-0.2, -0.15) is 0 Å². The van der Waals surface area contributed by atoms with Crippen molar-refractivity contribution in [3.05, 3.63) is 59.9 Å². The van der Waals surface area contributed by atoms with E-state index in [4.69, 9.17) is 17.0 Å². The number of anilines is 1. The van der Waals surface area contributed by atoms with Gasteiger partial charge in [-0.25, -0.2) is 4.39 Å². The van der Waals surface area contributed by atoms with E-state index < -0.39 is 0 Å². The first kappa shape index (κ1) is 17.2. The van der Waals surface area contributed by atoms with Crippen LogP contribution in [0.15, 0.2) is 48.5 Å². The maximum Gasteiger partial charge on any atom is 0.171 e. The van der Waals surface area contributed by atoms with Crippen LogP contribution in [0.1, 0.15) is 32.4 Å². The van der Waals surface area contributed by atoms with Crippen molar-refractivity contribution in [2.45, 2.75) is 32.9 Å². The Hall–Kier alpha value is -2.14. The topological polar surface area (TPSA) is 33.3 Å². The fourth-order valence-corrected chi connectivity index (χ4v) is 2.38. The fourth-order valence-electron chi connectivity index (χ4n) is 2.09. The Morgan fingerprint density at radius 1 is 1.00 bits per heavy atom. The third-order valence-electron chi connectivity index (χ3n) is 3.20. The van der Waals surface area contributed by atoms with Gasteiger partial charge in [-0.3, -0.25) is 0 Å². The number of hydrogen-bond donors (Lipinski definition) is 2. The average molecular weight is 332 g/mol. The zero-order valence-corrected chi connectivity index (χ0v) is 14.3. The number of halogens is 1. The van der Waals surface area contributed by atoms with Crippen molar-refractivity contribution < 1.29 is 9.13 Å². The fraction of sp³-hybridized carbons (Fsp3) is 0.278. The first-order valence-corrected chi connectivity index (χ1v) is 7.94. The van der Waals surface area contributed by atoms with Crippen LogP contribution in [0.5, 0.6) is 5.75 Å². The molecule has 0 unspecified atom stereocenters. The maximum atomic E-state index is 12.9. The maximum absolute atomic E-state index is 12.9. The smallest absolute Gasteiger partial charge is 0.171 e. The Morgan fingerprint density at radius 2 is 1.61 bits per heavy atom. The van der Waals surface area contributed by atoms with E-state index in [1.807, 2.05) is 45.0 Å². The molecule has 5 heteroatoms. The molecule has 2 aromatic carbocycles. The highest BCUT2D eigenvalue weighted by molar-refractivity contribution is 7.80. The van der Waals surface area contributed by atoms with Gasteiger partial charge in [-0.1, -0.05) is 12.1 Å². The standard InChI is InChI=1S/C18H21FN2OS/c1-12(2)22-17-10-8-16(9-11-17)21-18(23)20-13(3)14-4-6-15(19)7-5-14/h4-13H,1-3H3,(H2,20,21,23)/t13-/m1/s1. The number of hydrogen-bond acceptors (Lipinski definition) is 2. The highest BCUT2D eigenvalue weighted by Crippen LogP contribution is 2.17. The van der Waals surface area contributed by atoms with Gasteiger partial charge < -0.3 is 15.4 Å². The van der Waals surface area contributed by atoms with E-state index in [1.165, 1.54) is 12.1 Å². The number of nitrogens with one attached hydrogen (secondary N) is 2. The molecule has 1 atom stereocenters. The Bertz CT molecular complexity index is 641. The van der Waals surface area contributed by atoms with Gasteiger partial charge in [0.05, 0.1) is 12.1 Å². The Balaban J connectivity index is 1.90. The molecule has 0 radical (unpaired) electrons. The third-order valence-corrected chi connectivity index (χ3v) is 3.42. The zero-order chi connectivity index (χ0) is 16.8. The molecule has 3 nitrogen and oxygen atoms in total. The van der Waals surface area contributed by atoms with Crippen LogP contribution in [0.2, 0.25) is 0 Å². The second-order valence-corrected chi connectivity index (χ2v) is 5.97. The van der Waals surface area contributed by atoms with E-state index in [9.17, 15) is 4.39 Å². The van der Waals surface area contributed by atoms with Crippen molar-refractivity contribution >= 4 is 23.0 Å². The van der Waals surface area contributed by atoms with Crippen molar-refractivity contribution in [1.29, 1.82) is 0 Å². The Kier molecular flexibility index (Phi) is 5.93. The van der Waals surface area contributed by atoms with Crippen LogP contribution in [0.25, 0.3) is 0 Å². The van der Waals surface area contributed by atoms with Crippen LogP contribution in [0, 0.1) is 5.82 Å². The van der Waals surface area contributed by atoms with Gasteiger partial charge in [0.1, 0.15) is 11.6 Å². The minimum absolute atomic E-state index is 0.0147. The van der Waals surface area contributed by atoms with Crippen LogP contribution in [0.4, 0.5) is 10.1 Å². The highest BCUT2D eigenvalue weighted by atomic mass is 32.1. The van der Waals surface area contributed by atoms with E-state index in [-0.39, 0.29) is 18.0 Å². The van der Waals surface area contributed by atoms with Crippen molar-refractivity contribution in [2.75, 3.05) is 5.32 Å². The second-order valence-electron chi connectivity index (χ2n) is 5.56. The minimum atomic E-state index is -0.245. The van der Waals surface area contributed by atoms with Gasteiger partial charge in [0.25, 0.3) is 0 Å². The summed E-state index contributed by atoms with van der Waals surface area (Å²) in [6, 6.07) is 14.0. The van der Waals surface area contributed by atoms with Crippen molar-refractivity contribution in [3.63, 3.8) is 0 Å². The predicted octanol–water partition coefficient (Wildman–Crippen LogP) is 4.66. The summed E-state index contributed by atoms with van der Waals surface area (Å²) < 4.78 is 18.5. The molecule has 2 rings (SSSR count). The number of thiocarbonyl (C=S) groups is 1. The Morgan fingerprint density at radius 3 is 2.17 bits per heavy atom. The molecular weight excluding hydrogens is 311 g/mol. The quantitative estimate of drug-likeness (QED) is 0.780. The Labute approximate surface area is 141 Å². The zero-order valence-electron chi connectivity index (χ0n) is 13.5. The number of ether oxygens (including phenoxy) is 1. The molecule has 0 aliphatic heterocycles. The minimum Gasteiger partial charge on any atom is -0.491 e. The van der Waals surface area contributed by atoms with Crippen molar-refractivity contribution in [1.82, 2.24) is 5.32 Å². The molecule has 0 bridgehead atoms. The lowest BCUT2D eigenvalue weighted by molar-refractivity contribution is 0.242. The lowest BCUT2D eigenvalue weighted by atomic mass is 10.1. The summed E-state index contributed by atoms with van der Waals surface area (Å²) >= 11 is 5.31. The van der Waals surface area contributed by atoms with Crippen LogP contribution in [-0.2, 0) is 0 Å². The molecule has 0 amide bonds. The molecule has 122 valence electrons. The molecule has 23 heavy (non-hydrogen) atoms. The predicted molar refractivity (Wildman–Crippen MR) is 96.4 cm³/mol. The van der Waals surface area contributed by atoms with Gasteiger partial charge in [-0.05, 0) is 75.0 Å². The third kappa shape index (κ3) is 5.53. The van der Waals surface area contributed by atoms with Gasteiger partial charge in [0.2, 0.25) is 0 Å². The van der Waals surface area contributed by atoms with E-state index in [2.05, 4.69) is 10.6 Å². The largest absolute Gasteiger partial charge is 0.491 e. The first-order valence-electron chi connectivity index (χ1n) is 7.54. The summed E-state index contributed by atoms with van der Waals surface area (Å²) in [5, 5.41) is 6.82. The lowest BCUT2D eigenvalue weighted by Crippen LogP contribution is -2.30. The summed E-state index contributed by atoms with van der Waals surface area (Å²) in [6.45, 7) is 5.95. The van der Waals surface area contributed by atoms with Crippen LogP contribution in [0.3, 0.4) is 0 Å². The molecule has 0 aliphatic rings. The molecule has 0 fully saturated rings. The molecular formula is C18H21FN2OS. The van der Waals surface area contributed by atoms with Gasteiger partial charge >= 0.3 is 0 Å². The van der Waals surface area contributed by atoms with Gasteiger partial charge in [0.15, 0.2) is 5.11 Å². The van der Waals surface area contributed by atoms with Gasteiger partial charge in [0, 0.05) is 5.69 Å². The molecule has 0 heterocycles. The molecule has 0 aliphatic carbocycles. The number of benzene rings is 2. The summed E-state index contributed by atoms with van der Waals surface area (Å²) in [5.41, 5.74) is 1.85. The molecule has 0 saturated heterocycles. The molecule has 0 aromatic heterocycles. The summed E-state index contributed by atoms with van der Waals surface area (Å²) in [7, 11) is 0. The van der Waals surface area contributed by atoms with Crippen molar-refractivity contribution in [2.24, 2.45) is 0 Å². The normalized spacial score (nSPS) is 11.9. The highest BCUT2D eigenvalue weighted by Gasteiger charge is 2.07. The van der Waals surface area contributed by atoms with E-state index in [1.54, 1.807) is 12.1 Å². The first-order chi connectivity index (χ1) is 10.9. The van der Waals surface area contributed by atoms with E-state index >= 15 is 0 Å². The monoisotopic (exact) mass is 332 g/mol. The van der Waals surface area contributed by atoms with Crippen LogP contribution >= 0.6 is 12.2 Å². The van der Waals surface area contributed by atoms with Crippen molar-refractivity contribution in [3.8, 4) is 5.75 Å². The lowest BCUT2D eigenvalue weighted by Gasteiger charge is -2.17. The summed E-state index contributed by atoms with van der Waals surface area (Å²) in [6.07, 6.45) is 0.146. The van der Waals surface area contributed by atoms with E-state index in [0.717, 1.165) is 17.0 Å². The van der Waals surface area contributed by atoms with Gasteiger partial charge in [-0.15, -0.1) is 0 Å². The molecule has 2 N–H and O–H groups in total. The van der Waals surface area contributed by atoms with Crippen LogP contribution in [-0.4, -0.2) is 11.2 Å². The summed E-state index contributed by atoms with van der Waals surface area (Å²) in [5.74, 6) is 0.578. The molecule has 0 spiro atoms.